The molecule has 1 aliphatic rings. The lowest BCUT2D eigenvalue weighted by Gasteiger charge is -2.31. The van der Waals surface area contributed by atoms with Crippen molar-refractivity contribution in [3.8, 4) is 5.75 Å². The van der Waals surface area contributed by atoms with Crippen LogP contribution in [0.3, 0.4) is 0 Å². The number of pyridine rings is 1. The number of likely N-dealkylation sites (tertiary alicyclic amines) is 1. The lowest BCUT2D eigenvalue weighted by molar-refractivity contribution is 0.0951. The first-order valence-corrected chi connectivity index (χ1v) is 9.42. The Morgan fingerprint density at radius 1 is 1.22 bits per heavy atom. The normalized spacial score (nSPS) is 15.3. The number of amides is 1. The predicted octanol–water partition coefficient (Wildman–Crippen LogP) is 3.43. The van der Waals surface area contributed by atoms with Gasteiger partial charge >= 0.3 is 0 Å². The second-order valence-electron chi connectivity index (χ2n) is 7.08. The molecule has 2 heterocycles. The molecule has 5 nitrogen and oxygen atoms in total. The highest BCUT2D eigenvalue weighted by molar-refractivity contribution is 5.94. The molecule has 3 rings (SSSR count). The summed E-state index contributed by atoms with van der Waals surface area (Å²) in [4.78, 5) is 18.8. The fourth-order valence-electron chi connectivity index (χ4n) is 3.12. The Kier molecular flexibility index (Phi) is 6.60. The third-order valence-corrected chi connectivity index (χ3v) is 4.62. The summed E-state index contributed by atoms with van der Waals surface area (Å²) in [5.74, 6) is 0.724. The molecule has 1 fully saturated rings. The van der Waals surface area contributed by atoms with Crippen LogP contribution in [0.1, 0.15) is 35.8 Å². The molecule has 1 aliphatic heterocycles. The van der Waals surface area contributed by atoms with Crippen LogP contribution >= 0.6 is 0 Å². The number of carbonyl (C=O) groups is 1. The van der Waals surface area contributed by atoms with Gasteiger partial charge in [-0.15, -0.1) is 0 Å². The van der Waals surface area contributed by atoms with Crippen molar-refractivity contribution < 1.29 is 9.53 Å². The lowest BCUT2D eigenvalue weighted by Crippen LogP contribution is -2.37. The summed E-state index contributed by atoms with van der Waals surface area (Å²) in [7, 11) is 0. The van der Waals surface area contributed by atoms with Gasteiger partial charge in [0.2, 0.25) is 0 Å². The second-order valence-corrected chi connectivity index (χ2v) is 7.08. The third kappa shape index (κ3) is 5.93. The van der Waals surface area contributed by atoms with Gasteiger partial charge in [0.1, 0.15) is 11.9 Å². The van der Waals surface area contributed by atoms with E-state index in [0.29, 0.717) is 12.1 Å². The fraction of sp³-hybridized carbons (Fsp3) is 0.364. The summed E-state index contributed by atoms with van der Waals surface area (Å²) >= 11 is 0. The molecule has 0 atom stereocenters. The predicted molar refractivity (Wildman–Crippen MR) is 107 cm³/mol. The van der Waals surface area contributed by atoms with Crippen molar-refractivity contribution in [2.24, 2.45) is 0 Å². The zero-order chi connectivity index (χ0) is 19.1. The van der Waals surface area contributed by atoms with E-state index >= 15 is 0 Å². The number of nitrogens with zero attached hydrogens (tertiary/aromatic N) is 2. The van der Waals surface area contributed by atoms with E-state index in [0.717, 1.165) is 49.5 Å². The molecule has 0 radical (unpaired) electrons. The number of carbonyl (C=O) groups excluding carboxylic acids is 1. The minimum absolute atomic E-state index is 0.0904. The molecular formula is C22H27N3O2. The minimum atomic E-state index is -0.0904. The largest absolute Gasteiger partial charge is 0.490 e. The van der Waals surface area contributed by atoms with E-state index in [1.54, 1.807) is 12.1 Å². The van der Waals surface area contributed by atoms with Crippen LogP contribution in [0.4, 0.5) is 0 Å². The number of ether oxygens (including phenoxy) is 1. The average molecular weight is 365 g/mol. The van der Waals surface area contributed by atoms with Crippen molar-refractivity contribution in [2.75, 3.05) is 19.6 Å². The molecule has 1 aromatic carbocycles. The van der Waals surface area contributed by atoms with E-state index in [4.69, 9.17) is 4.74 Å². The number of rotatable bonds is 7. The number of hydrogen-bond donors (Lipinski definition) is 1. The Balaban J connectivity index is 1.45. The molecular weight excluding hydrogens is 338 g/mol. The maximum Gasteiger partial charge on any atom is 0.251 e. The first kappa shape index (κ1) is 19.1. The minimum Gasteiger partial charge on any atom is -0.490 e. The van der Waals surface area contributed by atoms with Crippen LogP contribution in [-0.4, -0.2) is 41.5 Å². The standard InChI is InChI=1S/C22H27N3O2/c1-17(2)15-24-22(26)18-6-8-20(9-7-18)27-21-10-13-25(14-11-21)16-19-5-3-4-12-23-19/h3-9,12,21H,1,10-11,13-16H2,2H3,(H,24,26). The molecule has 0 unspecified atom stereocenters. The van der Waals surface area contributed by atoms with Gasteiger partial charge in [-0.05, 0) is 56.2 Å². The van der Waals surface area contributed by atoms with E-state index in [1.807, 2.05) is 37.4 Å². The van der Waals surface area contributed by atoms with Crippen molar-refractivity contribution in [1.29, 1.82) is 0 Å². The maximum atomic E-state index is 12.0. The van der Waals surface area contributed by atoms with E-state index in [9.17, 15) is 4.79 Å². The molecule has 0 bridgehead atoms. The summed E-state index contributed by atoms with van der Waals surface area (Å²) in [6, 6.07) is 13.4. The van der Waals surface area contributed by atoms with Gasteiger partial charge in [0.05, 0.1) is 5.69 Å². The molecule has 0 saturated carbocycles. The molecule has 27 heavy (non-hydrogen) atoms. The van der Waals surface area contributed by atoms with Gasteiger partial charge in [-0.1, -0.05) is 18.2 Å². The molecule has 1 saturated heterocycles. The highest BCUT2D eigenvalue weighted by Crippen LogP contribution is 2.20. The van der Waals surface area contributed by atoms with Gasteiger partial charge in [0, 0.05) is 37.9 Å². The van der Waals surface area contributed by atoms with Crippen molar-refractivity contribution in [3.05, 3.63) is 72.1 Å². The summed E-state index contributed by atoms with van der Waals surface area (Å²) in [5, 5.41) is 2.83. The summed E-state index contributed by atoms with van der Waals surface area (Å²) in [5.41, 5.74) is 2.67. The number of benzene rings is 1. The molecule has 1 amide bonds. The maximum absolute atomic E-state index is 12.0. The molecule has 1 aromatic heterocycles. The highest BCUT2D eigenvalue weighted by atomic mass is 16.5. The van der Waals surface area contributed by atoms with E-state index in [1.165, 1.54) is 0 Å². The Morgan fingerprint density at radius 3 is 2.59 bits per heavy atom. The van der Waals surface area contributed by atoms with E-state index in [-0.39, 0.29) is 12.0 Å². The first-order valence-electron chi connectivity index (χ1n) is 9.42. The number of piperidine rings is 1. The molecule has 5 heteroatoms. The average Bonchev–Trinajstić information content (AvgIpc) is 2.69. The number of aromatic nitrogens is 1. The van der Waals surface area contributed by atoms with Gasteiger partial charge in [-0.3, -0.25) is 14.7 Å². The summed E-state index contributed by atoms with van der Waals surface area (Å²) < 4.78 is 6.10. The monoisotopic (exact) mass is 365 g/mol. The van der Waals surface area contributed by atoms with Gasteiger partial charge in [-0.2, -0.15) is 0 Å². The number of nitrogens with one attached hydrogen (secondary N) is 1. The molecule has 142 valence electrons. The third-order valence-electron chi connectivity index (χ3n) is 4.62. The summed E-state index contributed by atoms with van der Waals surface area (Å²) in [6.45, 7) is 9.06. The zero-order valence-electron chi connectivity index (χ0n) is 15.9. The van der Waals surface area contributed by atoms with Gasteiger partial charge in [-0.25, -0.2) is 0 Å². The van der Waals surface area contributed by atoms with Gasteiger partial charge in [0.15, 0.2) is 0 Å². The van der Waals surface area contributed by atoms with Crippen molar-refractivity contribution >= 4 is 5.91 Å². The summed E-state index contributed by atoms with van der Waals surface area (Å²) in [6.07, 6.45) is 4.04. The number of hydrogen-bond acceptors (Lipinski definition) is 4. The van der Waals surface area contributed by atoms with E-state index < -0.39 is 0 Å². The van der Waals surface area contributed by atoms with E-state index in [2.05, 4.69) is 27.8 Å². The fourth-order valence-corrected chi connectivity index (χ4v) is 3.12. The Hall–Kier alpha value is -2.66. The lowest BCUT2D eigenvalue weighted by atomic mass is 10.1. The SMILES string of the molecule is C=C(C)CNC(=O)c1ccc(OC2CCN(Cc3ccccn3)CC2)cc1. The topological polar surface area (TPSA) is 54.5 Å². The van der Waals surface area contributed by atoms with Crippen molar-refractivity contribution in [1.82, 2.24) is 15.2 Å². The molecule has 2 aromatic rings. The van der Waals surface area contributed by atoms with Crippen molar-refractivity contribution in [3.63, 3.8) is 0 Å². The quantitative estimate of drug-likeness (QED) is 0.764. The van der Waals surface area contributed by atoms with Crippen molar-refractivity contribution in [2.45, 2.75) is 32.4 Å². The Bertz CT molecular complexity index is 751. The molecule has 0 spiro atoms. The van der Waals surface area contributed by atoms with Crippen LogP contribution in [-0.2, 0) is 6.54 Å². The van der Waals surface area contributed by atoms with Gasteiger partial charge in [0.25, 0.3) is 5.91 Å². The molecule has 0 aliphatic carbocycles. The second kappa shape index (κ2) is 9.33. The zero-order valence-corrected chi connectivity index (χ0v) is 15.9. The highest BCUT2D eigenvalue weighted by Gasteiger charge is 2.21. The Morgan fingerprint density at radius 2 is 1.96 bits per heavy atom. The van der Waals surface area contributed by atoms with Crippen LogP contribution < -0.4 is 10.1 Å². The van der Waals surface area contributed by atoms with Crippen LogP contribution in [0, 0.1) is 0 Å². The molecule has 1 N–H and O–H groups in total. The van der Waals surface area contributed by atoms with Crippen LogP contribution in [0.2, 0.25) is 0 Å². The van der Waals surface area contributed by atoms with Gasteiger partial charge < -0.3 is 10.1 Å². The smallest absolute Gasteiger partial charge is 0.251 e. The van der Waals surface area contributed by atoms with Crippen LogP contribution in [0.15, 0.2) is 60.8 Å². The van der Waals surface area contributed by atoms with Crippen LogP contribution in [0.25, 0.3) is 0 Å². The van der Waals surface area contributed by atoms with Crippen LogP contribution in [0.5, 0.6) is 5.75 Å². The Labute approximate surface area is 161 Å². The first-order chi connectivity index (χ1) is 13.1.